The normalized spacial score (nSPS) is 19.9. The quantitative estimate of drug-likeness (QED) is 0.705. The molecule has 2 heterocycles. The van der Waals surface area contributed by atoms with Gasteiger partial charge in [-0.1, -0.05) is 6.07 Å². The van der Waals surface area contributed by atoms with E-state index in [1.165, 1.54) is 18.4 Å². The van der Waals surface area contributed by atoms with E-state index in [2.05, 4.69) is 39.6 Å². The zero-order valence-corrected chi connectivity index (χ0v) is 15.8. The van der Waals surface area contributed by atoms with Gasteiger partial charge in [0.1, 0.15) is 11.9 Å². The number of rotatable bonds is 5. The molecule has 1 aromatic carbocycles. The number of aryl methyl sites for hydroxylation is 1. The number of halogens is 1. The van der Waals surface area contributed by atoms with Crippen LogP contribution in [0, 0.1) is 6.92 Å². The van der Waals surface area contributed by atoms with Crippen LogP contribution in [-0.2, 0) is 6.54 Å². The largest absolute Gasteiger partial charge is 0.490 e. The van der Waals surface area contributed by atoms with Crippen LogP contribution in [0.2, 0.25) is 0 Å². The van der Waals surface area contributed by atoms with Gasteiger partial charge in [0.2, 0.25) is 0 Å². The Balaban J connectivity index is 0.00000196. The minimum absolute atomic E-state index is 0. The summed E-state index contributed by atoms with van der Waals surface area (Å²) in [6.45, 7) is 2.97. The number of fused-ring (bicyclic) bond motifs is 1. The third kappa shape index (κ3) is 4.17. The fraction of sp³-hybridized carbons (Fsp3) is 0.400. The van der Waals surface area contributed by atoms with Gasteiger partial charge in [-0.15, -0.1) is 12.4 Å². The molecule has 0 saturated heterocycles. The molecule has 3 aromatic rings. The SMILES string of the molecule is Cc1c(O[C@H]2CCC[C@@H](NCc3cccnc3)C2)ccc2[nH]ncc12.Cl. The molecule has 4 rings (SSSR count). The fourth-order valence-electron chi connectivity index (χ4n) is 3.65. The van der Waals surface area contributed by atoms with Crippen molar-refractivity contribution in [1.82, 2.24) is 20.5 Å². The van der Waals surface area contributed by atoms with Crippen LogP contribution in [-0.4, -0.2) is 27.3 Å². The number of hydrogen-bond acceptors (Lipinski definition) is 4. The van der Waals surface area contributed by atoms with Crippen molar-refractivity contribution in [3.05, 3.63) is 54.0 Å². The second kappa shape index (κ2) is 8.52. The molecule has 2 atom stereocenters. The minimum Gasteiger partial charge on any atom is -0.490 e. The summed E-state index contributed by atoms with van der Waals surface area (Å²) in [7, 11) is 0. The van der Waals surface area contributed by atoms with Crippen LogP contribution in [0.1, 0.15) is 36.8 Å². The van der Waals surface area contributed by atoms with E-state index in [1.807, 2.05) is 30.7 Å². The molecular formula is C20H25ClN4O. The van der Waals surface area contributed by atoms with E-state index >= 15 is 0 Å². The van der Waals surface area contributed by atoms with Crippen LogP contribution >= 0.6 is 12.4 Å². The Morgan fingerprint density at radius 2 is 2.15 bits per heavy atom. The maximum Gasteiger partial charge on any atom is 0.123 e. The molecule has 1 fully saturated rings. The molecule has 1 saturated carbocycles. The third-order valence-corrected chi connectivity index (χ3v) is 5.08. The molecule has 0 radical (unpaired) electrons. The summed E-state index contributed by atoms with van der Waals surface area (Å²) in [5.41, 5.74) is 3.45. The summed E-state index contributed by atoms with van der Waals surface area (Å²) in [5.74, 6) is 0.979. The maximum absolute atomic E-state index is 6.35. The average molecular weight is 373 g/mol. The molecule has 2 aromatic heterocycles. The van der Waals surface area contributed by atoms with E-state index in [0.717, 1.165) is 41.6 Å². The van der Waals surface area contributed by atoms with Gasteiger partial charge in [0.25, 0.3) is 0 Å². The van der Waals surface area contributed by atoms with E-state index in [4.69, 9.17) is 4.74 Å². The van der Waals surface area contributed by atoms with Gasteiger partial charge in [-0.2, -0.15) is 5.10 Å². The van der Waals surface area contributed by atoms with E-state index in [9.17, 15) is 0 Å². The Morgan fingerprint density at radius 1 is 1.23 bits per heavy atom. The molecule has 1 aliphatic rings. The van der Waals surface area contributed by atoms with Crippen molar-refractivity contribution in [3.63, 3.8) is 0 Å². The summed E-state index contributed by atoms with van der Waals surface area (Å²) < 4.78 is 6.35. The predicted molar refractivity (Wildman–Crippen MR) is 106 cm³/mol. The summed E-state index contributed by atoms with van der Waals surface area (Å²) in [4.78, 5) is 4.18. The minimum atomic E-state index is 0. The molecule has 0 amide bonds. The lowest BCUT2D eigenvalue weighted by atomic mass is 9.92. The number of benzene rings is 1. The van der Waals surface area contributed by atoms with Gasteiger partial charge >= 0.3 is 0 Å². The number of aromatic amines is 1. The van der Waals surface area contributed by atoms with Crippen LogP contribution < -0.4 is 10.1 Å². The molecule has 6 heteroatoms. The highest BCUT2D eigenvalue weighted by molar-refractivity contribution is 5.85. The highest BCUT2D eigenvalue weighted by Crippen LogP contribution is 2.30. The smallest absolute Gasteiger partial charge is 0.123 e. The van der Waals surface area contributed by atoms with Crippen molar-refractivity contribution in [2.45, 2.75) is 51.3 Å². The number of pyridine rings is 1. The Morgan fingerprint density at radius 3 is 3.00 bits per heavy atom. The van der Waals surface area contributed by atoms with Gasteiger partial charge < -0.3 is 10.1 Å². The number of hydrogen-bond donors (Lipinski definition) is 2. The Labute approximate surface area is 160 Å². The Bertz CT molecular complexity index is 836. The van der Waals surface area contributed by atoms with Gasteiger partial charge in [0.05, 0.1) is 11.7 Å². The van der Waals surface area contributed by atoms with E-state index < -0.39 is 0 Å². The van der Waals surface area contributed by atoms with Crippen molar-refractivity contribution >= 4 is 23.3 Å². The van der Waals surface area contributed by atoms with Gasteiger partial charge in [0.15, 0.2) is 0 Å². The van der Waals surface area contributed by atoms with Gasteiger partial charge in [-0.25, -0.2) is 0 Å². The van der Waals surface area contributed by atoms with Crippen molar-refractivity contribution < 1.29 is 4.74 Å². The highest BCUT2D eigenvalue weighted by Gasteiger charge is 2.23. The molecule has 0 unspecified atom stereocenters. The molecule has 2 N–H and O–H groups in total. The first-order valence-corrected chi connectivity index (χ1v) is 9.01. The Hall–Kier alpha value is -2.11. The van der Waals surface area contributed by atoms with Crippen LogP contribution in [0.25, 0.3) is 10.9 Å². The molecular weight excluding hydrogens is 348 g/mol. The molecule has 0 bridgehead atoms. The average Bonchev–Trinajstić information content (AvgIpc) is 3.13. The van der Waals surface area contributed by atoms with Crippen LogP contribution in [0.4, 0.5) is 0 Å². The van der Waals surface area contributed by atoms with E-state index in [1.54, 1.807) is 0 Å². The summed E-state index contributed by atoms with van der Waals surface area (Å²) in [6, 6.07) is 8.70. The van der Waals surface area contributed by atoms with Crippen LogP contribution in [0.15, 0.2) is 42.9 Å². The first kappa shape index (κ1) is 18.7. The topological polar surface area (TPSA) is 62.8 Å². The van der Waals surface area contributed by atoms with E-state index in [0.29, 0.717) is 6.04 Å². The number of nitrogens with zero attached hydrogens (tertiary/aromatic N) is 2. The summed E-state index contributed by atoms with van der Waals surface area (Å²) >= 11 is 0. The molecule has 5 nitrogen and oxygen atoms in total. The third-order valence-electron chi connectivity index (χ3n) is 5.08. The Kier molecular flexibility index (Phi) is 6.12. The highest BCUT2D eigenvalue weighted by atomic mass is 35.5. The number of aromatic nitrogens is 3. The molecule has 0 spiro atoms. The van der Waals surface area contributed by atoms with Gasteiger partial charge in [-0.05, 0) is 56.4 Å². The second-order valence-electron chi connectivity index (χ2n) is 6.87. The molecule has 0 aliphatic heterocycles. The van der Waals surface area contributed by atoms with Gasteiger partial charge in [-0.3, -0.25) is 10.1 Å². The predicted octanol–water partition coefficient (Wildman–Crippen LogP) is 4.17. The lowest BCUT2D eigenvalue weighted by Crippen LogP contribution is -2.37. The summed E-state index contributed by atoms with van der Waals surface area (Å²) in [5, 5.41) is 11.9. The second-order valence-corrected chi connectivity index (χ2v) is 6.87. The van der Waals surface area contributed by atoms with Crippen molar-refractivity contribution in [1.29, 1.82) is 0 Å². The van der Waals surface area contributed by atoms with E-state index in [-0.39, 0.29) is 18.5 Å². The monoisotopic (exact) mass is 372 g/mol. The maximum atomic E-state index is 6.35. The van der Waals surface area contributed by atoms with Crippen LogP contribution in [0.5, 0.6) is 5.75 Å². The van der Waals surface area contributed by atoms with Crippen molar-refractivity contribution in [3.8, 4) is 5.75 Å². The molecule has 1 aliphatic carbocycles. The first-order valence-electron chi connectivity index (χ1n) is 9.01. The molecule has 26 heavy (non-hydrogen) atoms. The number of ether oxygens (including phenoxy) is 1. The first-order chi connectivity index (χ1) is 12.3. The van der Waals surface area contributed by atoms with Crippen molar-refractivity contribution in [2.24, 2.45) is 0 Å². The molecule has 138 valence electrons. The lowest BCUT2D eigenvalue weighted by molar-refractivity contribution is 0.133. The lowest BCUT2D eigenvalue weighted by Gasteiger charge is -2.30. The number of H-pyrrole nitrogens is 1. The fourth-order valence-corrected chi connectivity index (χ4v) is 3.65. The number of nitrogens with one attached hydrogen (secondary N) is 2. The van der Waals surface area contributed by atoms with Crippen molar-refractivity contribution in [2.75, 3.05) is 0 Å². The zero-order valence-electron chi connectivity index (χ0n) is 14.9. The van der Waals surface area contributed by atoms with Gasteiger partial charge in [0, 0.05) is 35.9 Å². The zero-order chi connectivity index (χ0) is 17.1. The summed E-state index contributed by atoms with van der Waals surface area (Å²) in [6.07, 6.45) is 10.4. The van der Waals surface area contributed by atoms with Crippen LogP contribution in [0.3, 0.4) is 0 Å². The standard InChI is InChI=1S/C20H24N4O.ClH/c1-14-18-13-23-24-19(18)7-8-20(14)25-17-6-2-5-16(10-17)22-12-15-4-3-9-21-11-15;/h3-4,7-9,11,13,16-17,22H,2,5-6,10,12H2,1H3,(H,23,24);1H/t16-,17+;/m1./s1.